The van der Waals surface area contributed by atoms with Crippen molar-refractivity contribution >= 4 is 16.8 Å². The Kier molecular flexibility index (Phi) is 3.85. The van der Waals surface area contributed by atoms with Crippen LogP contribution in [0.25, 0.3) is 22.4 Å². The predicted molar refractivity (Wildman–Crippen MR) is 85.9 cm³/mol. The van der Waals surface area contributed by atoms with Gasteiger partial charge in [0.25, 0.3) is 10.8 Å². The number of rotatable bonds is 3. The Labute approximate surface area is 131 Å². The van der Waals surface area contributed by atoms with Crippen molar-refractivity contribution in [2.24, 2.45) is 0 Å². The maximum Gasteiger partial charge on any atom is 0.277 e. The highest BCUT2D eigenvalue weighted by Crippen LogP contribution is 2.31. The summed E-state index contributed by atoms with van der Waals surface area (Å²) in [5.41, 5.74) is 1.76. The van der Waals surface area contributed by atoms with Crippen LogP contribution in [-0.4, -0.2) is 15.4 Å². The van der Waals surface area contributed by atoms with E-state index in [1.807, 2.05) is 60.7 Å². The molecule has 1 N–H and O–H groups in total. The van der Waals surface area contributed by atoms with Crippen LogP contribution in [-0.2, 0) is 0 Å². The van der Waals surface area contributed by atoms with Crippen molar-refractivity contribution in [3.63, 3.8) is 0 Å². The Balaban J connectivity index is 2.39. The SMILES string of the molecule is O=C(Cl)c1c(-c2ccccc2)c(-c2ccccc2)n[nH]c1=O. The highest BCUT2D eigenvalue weighted by Gasteiger charge is 2.21. The molecule has 0 radical (unpaired) electrons. The lowest BCUT2D eigenvalue weighted by molar-refractivity contribution is 0.108. The van der Waals surface area contributed by atoms with E-state index in [-0.39, 0.29) is 5.56 Å². The molecule has 22 heavy (non-hydrogen) atoms. The van der Waals surface area contributed by atoms with E-state index in [0.717, 1.165) is 5.56 Å². The van der Waals surface area contributed by atoms with Crippen molar-refractivity contribution in [2.75, 3.05) is 0 Å². The van der Waals surface area contributed by atoms with Crippen molar-refractivity contribution in [3.8, 4) is 22.4 Å². The molecular weight excluding hydrogens is 300 g/mol. The number of carbonyl (C=O) groups excluding carboxylic acids is 1. The van der Waals surface area contributed by atoms with Crippen molar-refractivity contribution in [2.45, 2.75) is 0 Å². The topological polar surface area (TPSA) is 62.8 Å². The molecule has 0 bridgehead atoms. The van der Waals surface area contributed by atoms with E-state index in [9.17, 15) is 9.59 Å². The molecule has 3 aromatic rings. The van der Waals surface area contributed by atoms with E-state index in [2.05, 4.69) is 10.2 Å². The van der Waals surface area contributed by atoms with E-state index in [1.165, 1.54) is 0 Å². The second-order valence-corrected chi connectivity index (χ2v) is 5.00. The largest absolute Gasteiger partial charge is 0.277 e. The summed E-state index contributed by atoms with van der Waals surface area (Å²) >= 11 is 5.64. The molecule has 4 nitrogen and oxygen atoms in total. The van der Waals surface area contributed by atoms with Crippen LogP contribution in [0.2, 0.25) is 0 Å². The first-order valence-corrected chi connectivity index (χ1v) is 6.99. The van der Waals surface area contributed by atoms with Gasteiger partial charge in [-0.1, -0.05) is 60.7 Å². The first-order valence-electron chi connectivity index (χ1n) is 6.62. The van der Waals surface area contributed by atoms with Gasteiger partial charge in [-0.2, -0.15) is 5.10 Å². The summed E-state index contributed by atoms with van der Waals surface area (Å²) in [5, 5.41) is 5.66. The molecule has 0 aliphatic rings. The average molecular weight is 311 g/mol. The molecule has 108 valence electrons. The van der Waals surface area contributed by atoms with Gasteiger partial charge in [-0.15, -0.1) is 0 Å². The monoisotopic (exact) mass is 310 g/mol. The van der Waals surface area contributed by atoms with Crippen LogP contribution in [0.1, 0.15) is 10.4 Å². The highest BCUT2D eigenvalue weighted by molar-refractivity contribution is 6.68. The van der Waals surface area contributed by atoms with Gasteiger partial charge in [0.15, 0.2) is 0 Å². The highest BCUT2D eigenvalue weighted by atomic mass is 35.5. The van der Waals surface area contributed by atoms with Crippen molar-refractivity contribution in [3.05, 3.63) is 76.6 Å². The third kappa shape index (κ3) is 2.56. The molecule has 0 saturated carbocycles. The van der Waals surface area contributed by atoms with Gasteiger partial charge in [-0.05, 0) is 17.2 Å². The molecule has 0 aliphatic carbocycles. The Bertz CT molecular complexity index is 874. The number of benzene rings is 2. The Morgan fingerprint density at radius 1 is 0.909 bits per heavy atom. The maximum absolute atomic E-state index is 12.0. The fourth-order valence-corrected chi connectivity index (χ4v) is 2.51. The molecule has 3 rings (SSSR count). The van der Waals surface area contributed by atoms with Gasteiger partial charge in [0.2, 0.25) is 0 Å². The maximum atomic E-state index is 12.0. The summed E-state index contributed by atoms with van der Waals surface area (Å²) in [7, 11) is 0. The summed E-state index contributed by atoms with van der Waals surface area (Å²) in [6.45, 7) is 0. The minimum absolute atomic E-state index is 0.0956. The van der Waals surface area contributed by atoms with Gasteiger partial charge in [0.05, 0.1) is 5.69 Å². The van der Waals surface area contributed by atoms with Crippen LogP contribution in [0.3, 0.4) is 0 Å². The van der Waals surface area contributed by atoms with Crippen molar-refractivity contribution in [1.82, 2.24) is 10.2 Å². The van der Waals surface area contributed by atoms with E-state index >= 15 is 0 Å². The summed E-state index contributed by atoms with van der Waals surface area (Å²) < 4.78 is 0. The van der Waals surface area contributed by atoms with Gasteiger partial charge in [-0.3, -0.25) is 9.59 Å². The first kappa shape index (κ1) is 14.2. The Morgan fingerprint density at radius 2 is 1.45 bits per heavy atom. The zero-order valence-electron chi connectivity index (χ0n) is 11.4. The number of nitrogens with one attached hydrogen (secondary N) is 1. The fourth-order valence-electron chi connectivity index (χ4n) is 2.33. The normalized spacial score (nSPS) is 10.4. The average Bonchev–Trinajstić information content (AvgIpc) is 2.56. The molecule has 0 unspecified atom stereocenters. The minimum atomic E-state index is -0.806. The minimum Gasteiger partial charge on any atom is -0.275 e. The van der Waals surface area contributed by atoms with Crippen molar-refractivity contribution < 1.29 is 4.79 Å². The van der Waals surface area contributed by atoms with Crippen LogP contribution in [0.5, 0.6) is 0 Å². The molecule has 0 spiro atoms. The molecule has 2 aromatic carbocycles. The number of hydrogen-bond donors (Lipinski definition) is 1. The molecule has 1 aromatic heterocycles. The van der Waals surface area contributed by atoms with Crippen LogP contribution in [0, 0.1) is 0 Å². The number of halogens is 1. The van der Waals surface area contributed by atoms with E-state index in [1.54, 1.807) is 0 Å². The molecule has 0 atom stereocenters. The second kappa shape index (κ2) is 5.95. The summed E-state index contributed by atoms with van der Waals surface area (Å²) in [6.07, 6.45) is 0. The molecule has 0 amide bonds. The van der Waals surface area contributed by atoms with Crippen LogP contribution in [0.15, 0.2) is 65.5 Å². The molecular formula is C17H11ClN2O2. The number of hydrogen-bond acceptors (Lipinski definition) is 3. The smallest absolute Gasteiger partial charge is 0.275 e. The third-order valence-electron chi connectivity index (χ3n) is 3.29. The molecule has 0 saturated heterocycles. The predicted octanol–water partition coefficient (Wildman–Crippen LogP) is 3.48. The molecule has 1 heterocycles. The zero-order chi connectivity index (χ0) is 15.5. The van der Waals surface area contributed by atoms with Crippen LogP contribution < -0.4 is 5.56 Å². The lowest BCUT2D eigenvalue weighted by atomic mass is 9.96. The number of carbonyl (C=O) groups is 1. The van der Waals surface area contributed by atoms with Gasteiger partial charge in [0, 0.05) is 11.1 Å². The Hall–Kier alpha value is -2.72. The molecule has 0 aliphatic heterocycles. The number of aromatic amines is 1. The van der Waals surface area contributed by atoms with Gasteiger partial charge in [-0.25, -0.2) is 5.10 Å². The molecule has 0 fully saturated rings. The quantitative estimate of drug-likeness (QED) is 0.753. The first-order chi connectivity index (χ1) is 10.7. The lowest BCUT2D eigenvalue weighted by Crippen LogP contribution is -2.19. The van der Waals surface area contributed by atoms with Crippen LogP contribution >= 0.6 is 11.6 Å². The number of aromatic nitrogens is 2. The van der Waals surface area contributed by atoms with E-state index in [4.69, 9.17) is 11.6 Å². The van der Waals surface area contributed by atoms with E-state index < -0.39 is 10.8 Å². The van der Waals surface area contributed by atoms with Gasteiger partial charge in [0.1, 0.15) is 5.56 Å². The summed E-state index contributed by atoms with van der Waals surface area (Å²) in [4.78, 5) is 23.8. The lowest BCUT2D eigenvalue weighted by Gasteiger charge is -2.11. The summed E-state index contributed by atoms with van der Waals surface area (Å²) in [5.74, 6) is 0. The Morgan fingerprint density at radius 3 is 2.00 bits per heavy atom. The van der Waals surface area contributed by atoms with Crippen LogP contribution in [0.4, 0.5) is 0 Å². The van der Waals surface area contributed by atoms with Gasteiger partial charge < -0.3 is 0 Å². The standard InChI is InChI=1S/C17H11ClN2O2/c18-16(21)14-13(11-7-3-1-4-8-11)15(19-20-17(14)22)12-9-5-2-6-10-12/h1-10H,(H,20,22). The third-order valence-corrected chi connectivity index (χ3v) is 3.48. The molecule has 5 heteroatoms. The number of nitrogens with zero attached hydrogens (tertiary/aromatic N) is 1. The van der Waals surface area contributed by atoms with Crippen molar-refractivity contribution in [1.29, 1.82) is 0 Å². The van der Waals surface area contributed by atoms with E-state index in [0.29, 0.717) is 16.8 Å². The summed E-state index contributed by atoms with van der Waals surface area (Å²) in [6, 6.07) is 18.4. The zero-order valence-corrected chi connectivity index (χ0v) is 12.2. The van der Waals surface area contributed by atoms with Gasteiger partial charge >= 0.3 is 0 Å². The second-order valence-electron chi connectivity index (χ2n) is 4.66. The fraction of sp³-hybridized carbons (Fsp3) is 0. The number of H-pyrrole nitrogens is 1.